The average molecular weight is 458 g/mol. The number of anilines is 2. The summed E-state index contributed by atoms with van der Waals surface area (Å²) in [5.74, 6) is -0.660. The van der Waals surface area contributed by atoms with Crippen molar-refractivity contribution in [1.29, 1.82) is 0 Å². The van der Waals surface area contributed by atoms with Gasteiger partial charge in [-0.1, -0.05) is 12.1 Å². The normalized spacial score (nSPS) is 11.2. The Morgan fingerprint density at radius 3 is 2.35 bits per heavy atom. The van der Waals surface area contributed by atoms with Crippen LogP contribution in [0.3, 0.4) is 0 Å². The van der Waals surface area contributed by atoms with E-state index in [1.54, 1.807) is 23.5 Å². The fraction of sp³-hybridized carbons (Fsp3) is 0.182. The number of hydrogen-bond donors (Lipinski definition) is 3. The lowest BCUT2D eigenvalue weighted by Crippen LogP contribution is -2.26. The quantitative estimate of drug-likeness (QED) is 0.479. The first-order valence-corrected chi connectivity index (χ1v) is 11.9. The maximum absolute atomic E-state index is 12.6. The van der Waals surface area contributed by atoms with E-state index in [1.165, 1.54) is 31.2 Å². The van der Waals surface area contributed by atoms with Gasteiger partial charge in [0.1, 0.15) is 0 Å². The zero-order valence-corrected chi connectivity index (χ0v) is 18.8. The lowest BCUT2D eigenvalue weighted by Gasteiger charge is -2.13. The number of thiophene rings is 1. The molecule has 0 saturated heterocycles. The van der Waals surface area contributed by atoms with Crippen LogP contribution in [0.2, 0.25) is 0 Å². The van der Waals surface area contributed by atoms with Crippen molar-refractivity contribution in [3.63, 3.8) is 0 Å². The molecule has 162 valence electrons. The third-order valence-corrected chi connectivity index (χ3v) is 6.82. The number of aryl methyl sites for hydroxylation is 1. The van der Waals surface area contributed by atoms with Crippen LogP contribution in [0.5, 0.6) is 0 Å². The predicted molar refractivity (Wildman–Crippen MR) is 123 cm³/mol. The summed E-state index contributed by atoms with van der Waals surface area (Å²) < 4.78 is 27.5. The number of amides is 2. The van der Waals surface area contributed by atoms with E-state index in [1.807, 2.05) is 30.5 Å². The molecule has 2 amide bonds. The molecule has 7 nitrogen and oxygen atoms in total. The van der Waals surface area contributed by atoms with E-state index in [0.29, 0.717) is 29.9 Å². The Labute approximate surface area is 185 Å². The molecule has 0 radical (unpaired) electrons. The van der Waals surface area contributed by atoms with Crippen LogP contribution >= 0.6 is 11.3 Å². The smallest absolute Gasteiger partial charge is 0.255 e. The van der Waals surface area contributed by atoms with Gasteiger partial charge in [-0.25, -0.2) is 13.1 Å². The summed E-state index contributed by atoms with van der Waals surface area (Å²) in [5, 5.41) is 7.39. The molecule has 2 aromatic carbocycles. The molecule has 3 N–H and O–H groups in total. The van der Waals surface area contributed by atoms with Gasteiger partial charge in [-0.3, -0.25) is 9.59 Å². The van der Waals surface area contributed by atoms with Crippen LogP contribution in [0.15, 0.2) is 64.9 Å². The molecule has 0 saturated carbocycles. The minimum atomic E-state index is -3.67. The van der Waals surface area contributed by atoms with E-state index in [9.17, 15) is 18.0 Å². The summed E-state index contributed by atoms with van der Waals surface area (Å²) in [6.07, 6.45) is 0.616. The fourth-order valence-electron chi connectivity index (χ4n) is 2.89. The molecule has 3 rings (SSSR count). The molecule has 1 aromatic heterocycles. The monoisotopic (exact) mass is 457 g/mol. The van der Waals surface area contributed by atoms with Crippen LogP contribution < -0.4 is 15.4 Å². The summed E-state index contributed by atoms with van der Waals surface area (Å²) in [6, 6.07) is 14.9. The van der Waals surface area contributed by atoms with Crippen molar-refractivity contribution < 1.29 is 18.0 Å². The molecular formula is C22H23N3O4S2. The zero-order chi connectivity index (χ0) is 22.4. The van der Waals surface area contributed by atoms with Crippen molar-refractivity contribution in [3.05, 3.63) is 76.0 Å². The highest BCUT2D eigenvalue weighted by atomic mass is 32.2. The number of nitrogens with one attached hydrogen (secondary N) is 3. The Balaban J connectivity index is 1.67. The second-order valence-electron chi connectivity index (χ2n) is 6.94. The largest absolute Gasteiger partial charge is 0.325 e. The van der Waals surface area contributed by atoms with Gasteiger partial charge in [0, 0.05) is 23.9 Å². The van der Waals surface area contributed by atoms with Crippen molar-refractivity contribution in [2.45, 2.75) is 25.2 Å². The highest BCUT2D eigenvalue weighted by Gasteiger charge is 2.16. The maximum Gasteiger partial charge on any atom is 0.255 e. The maximum atomic E-state index is 12.6. The van der Waals surface area contributed by atoms with Gasteiger partial charge in [0.2, 0.25) is 15.9 Å². The van der Waals surface area contributed by atoms with Crippen LogP contribution in [-0.2, 0) is 21.2 Å². The van der Waals surface area contributed by atoms with Crippen LogP contribution in [0.4, 0.5) is 11.4 Å². The van der Waals surface area contributed by atoms with Gasteiger partial charge in [0.25, 0.3) is 5.91 Å². The van der Waals surface area contributed by atoms with Gasteiger partial charge >= 0.3 is 0 Å². The summed E-state index contributed by atoms with van der Waals surface area (Å²) in [4.78, 5) is 25.2. The number of carbonyl (C=O) groups excluding carboxylic acids is 2. The van der Waals surface area contributed by atoms with Gasteiger partial charge in [-0.05, 0) is 66.8 Å². The highest BCUT2D eigenvalue weighted by Crippen LogP contribution is 2.24. The topological polar surface area (TPSA) is 104 Å². The second kappa shape index (κ2) is 9.86. The van der Waals surface area contributed by atoms with E-state index in [2.05, 4.69) is 15.4 Å². The van der Waals surface area contributed by atoms with Crippen molar-refractivity contribution in [2.24, 2.45) is 0 Å². The summed E-state index contributed by atoms with van der Waals surface area (Å²) >= 11 is 1.58. The first kappa shape index (κ1) is 22.7. The molecule has 0 fully saturated rings. The summed E-state index contributed by atoms with van der Waals surface area (Å²) in [7, 11) is -3.67. The highest BCUT2D eigenvalue weighted by molar-refractivity contribution is 7.89. The van der Waals surface area contributed by atoms with Crippen molar-refractivity contribution in [2.75, 3.05) is 17.2 Å². The molecule has 0 aliphatic rings. The first-order chi connectivity index (χ1) is 14.7. The Kier molecular flexibility index (Phi) is 7.21. The first-order valence-electron chi connectivity index (χ1n) is 9.56. The molecule has 0 aliphatic carbocycles. The van der Waals surface area contributed by atoms with Crippen molar-refractivity contribution in [3.8, 4) is 0 Å². The number of rotatable bonds is 8. The molecule has 1 heterocycles. The van der Waals surface area contributed by atoms with Crippen LogP contribution in [0, 0.1) is 6.92 Å². The van der Waals surface area contributed by atoms with Crippen molar-refractivity contribution >= 4 is 44.5 Å². The molecule has 9 heteroatoms. The van der Waals surface area contributed by atoms with Gasteiger partial charge in [0.05, 0.1) is 16.3 Å². The Hall–Kier alpha value is -3.01. The predicted octanol–water partition coefficient (Wildman–Crippen LogP) is 3.79. The van der Waals surface area contributed by atoms with E-state index in [4.69, 9.17) is 0 Å². The minimum absolute atomic E-state index is 0.0877. The molecule has 0 atom stereocenters. The van der Waals surface area contributed by atoms with Crippen LogP contribution in [-0.4, -0.2) is 26.8 Å². The van der Waals surface area contributed by atoms with Crippen LogP contribution in [0.1, 0.15) is 27.7 Å². The fourth-order valence-corrected chi connectivity index (χ4v) is 4.63. The average Bonchev–Trinajstić information content (AvgIpc) is 3.23. The van der Waals surface area contributed by atoms with E-state index in [0.717, 1.165) is 10.4 Å². The van der Waals surface area contributed by atoms with Gasteiger partial charge in [0.15, 0.2) is 0 Å². The Bertz CT molecular complexity index is 1170. The standard InChI is InChI=1S/C22H23N3O4S2/c1-15-5-10-20(24-16(2)26)21(14-15)25-22(27)17-6-8-19(9-7-17)31(28,29)23-12-11-18-4-3-13-30-18/h3-10,13-14,23H,11-12H2,1-2H3,(H,24,26)(H,25,27). The molecule has 31 heavy (non-hydrogen) atoms. The second-order valence-corrected chi connectivity index (χ2v) is 9.74. The number of sulfonamides is 1. The van der Waals surface area contributed by atoms with E-state index < -0.39 is 15.9 Å². The number of carbonyl (C=O) groups is 2. The number of hydrogen-bond acceptors (Lipinski definition) is 5. The van der Waals surface area contributed by atoms with Gasteiger partial charge < -0.3 is 10.6 Å². The minimum Gasteiger partial charge on any atom is -0.325 e. The van der Waals surface area contributed by atoms with E-state index in [-0.39, 0.29) is 10.8 Å². The zero-order valence-electron chi connectivity index (χ0n) is 17.1. The molecular weight excluding hydrogens is 434 g/mol. The van der Waals surface area contributed by atoms with Gasteiger partial charge in [-0.15, -0.1) is 11.3 Å². The SMILES string of the molecule is CC(=O)Nc1ccc(C)cc1NC(=O)c1ccc(S(=O)(=O)NCCc2cccs2)cc1. The lowest BCUT2D eigenvalue weighted by molar-refractivity contribution is -0.114. The lowest BCUT2D eigenvalue weighted by atomic mass is 10.1. The van der Waals surface area contributed by atoms with E-state index >= 15 is 0 Å². The van der Waals surface area contributed by atoms with Crippen molar-refractivity contribution in [1.82, 2.24) is 4.72 Å². The molecule has 0 unspecified atom stereocenters. The summed E-state index contributed by atoms with van der Waals surface area (Å²) in [6.45, 7) is 3.56. The van der Waals surface area contributed by atoms with Gasteiger partial charge in [-0.2, -0.15) is 0 Å². The molecule has 3 aromatic rings. The molecule has 0 spiro atoms. The molecule has 0 bridgehead atoms. The Morgan fingerprint density at radius 1 is 0.968 bits per heavy atom. The van der Waals surface area contributed by atoms with Crippen LogP contribution in [0.25, 0.3) is 0 Å². The summed E-state index contributed by atoms with van der Waals surface area (Å²) in [5.41, 5.74) is 2.17. The molecule has 0 aliphatic heterocycles. The third kappa shape index (κ3) is 6.24. The number of benzene rings is 2. The Morgan fingerprint density at radius 2 is 1.71 bits per heavy atom. The third-order valence-electron chi connectivity index (χ3n) is 4.40.